The number of hydrogen-bond donors (Lipinski definition) is 1. The second-order valence-electron chi connectivity index (χ2n) is 4.68. The molecule has 1 N–H and O–H groups in total. The van der Waals surface area contributed by atoms with Crippen LogP contribution in [0, 0.1) is 0 Å². The van der Waals surface area contributed by atoms with Crippen molar-refractivity contribution in [3.63, 3.8) is 0 Å². The van der Waals surface area contributed by atoms with Gasteiger partial charge in [0.25, 0.3) is 0 Å². The average molecular weight is 323 g/mol. The number of ether oxygens (including phenoxy) is 1. The molecular weight excluding hydrogens is 308 g/mol. The highest BCUT2D eigenvalue weighted by atomic mass is 35.5. The fourth-order valence-corrected chi connectivity index (χ4v) is 3.57. The van der Waals surface area contributed by atoms with Crippen molar-refractivity contribution >= 4 is 33.0 Å². The van der Waals surface area contributed by atoms with Crippen molar-refractivity contribution in [1.29, 1.82) is 0 Å². The van der Waals surface area contributed by atoms with Crippen LogP contribution in [0.25, 0.3) is 10.1 Å². The molecule has 0 spiro atoms. The number of rotatable bonds is 5. The molecule has 2 heterocycles. The Morgan fingerprint density at radius 2 is 2.24 bits per heavy atom. The molecule has 1 unspecified atom stereocenters. The number of aliphatic hydroxyl groups excluding tert-OH is 1. The van der Waals surface area contributed by atoms with Crippen LogP contribution in [0.15, 0.2) is 36.5 Å². The average Bonchev–Trinajstić information content (AvgIpc) is 3.08. The first-order valence-electron chi connectivity index (χ1n) is 6.57. The highest BCUT2D eigenvalue weighted by Gasteiger charge is 2.21. The highest BCUT2D eigenvalue weighted by Crippen LogP contribution is 2.35. The minimum atomic E-state index is -0.783. The topological polar surface area (TPSA) is 47.3 Å². The number of nitrogens with zero attached hydrogens (tertiary/aromatic N) is 2. The summed E-state index contributed by atoms with van der Waals surface area (Å²) in [7, 11) is 1.63. The van der Waals surface area contributed by atoms with E-state index in [1.54, 1.807) is 29.3 Å². The standard InChI is InChI=1S/C15H15ClN2O2S/c1-20-7-6-18-14(11(16)9-17-18)15(19)13-8-10-4-2-3-5-12(10)21-13/h2-5,8-9,15,19H,6-7H2,1H3. The summed E-state index contributed by atoms with van der Waals surface area (Å²) >= 11 is 7.75. The van der Waals surface area contributed by atoms with Gasteiger partial charge in [0.1, 0.15) is 6.10 Å². The second kappa shape index (κ2) is 6.15. The second-order valence-corrected chi connectivity index (χ2v) is 6.21. The van der Waals surface area contributed by atoms with E-state index in [0.717, 1.165) is 15.0 Å². The molecule has 1 aromatic carbocycles. The normalized spacial score (nSPS) is 12.9. The van der Waals surface area contributed by atoms with Crippen LogP contribution in [0.4, 0.5) is 0 Å². The molecule has 21 heavy (non-hydrogen) atoms. The number of halogens is 1. The number of aromatic nitrogens is 2. The number of methoxy groups -OCH3 is 1. The summed E-state index contributed by atoms with van der Waals surface area (Å²) < 4.78 is 7.90. The molecular formula is C15H15ClN2O2S. The van der Waals surface area contributed by atoms with Gasteiger partial charge in [-0.2, -0.15) is 5.10 Å². The van der Waals surface area contributed by atoms with E-state index in [1.807, 2.05) is 30.3 Å². The maximum absolute atomic E-state index is 10.7. The lowest BCUT2D eigenvalue weighted by Crippen LogP contribution is -2.13. The number of benzene rings is 1. The van der Waals surface area contributed by atoms with Gasteiger partial charge < -0.3 is 9.84 Å². The van der Waals surface area contributed by atoms with Crippen molar-refractivity contribution in [3.8, 4) is 0 Å². The van der Waals surface area contributed by atoms with Crippen molar-refractivity contribution in [3.05, 3.63) is 52.1 Å². The van der Waals surface area contributed by atoms with Gasteiger partial charge in [-0.05, 0) is 17.5 Å². The molecule has 0 aliphatic heterocycles. The first kappa shape index (κ1) is 14.5. The first-order valence-corrected chi connectivity index (χ1v) is 7.77. The molecule has 0 saturated heterocycles. The van der Waals surface area contributed by atoms with E-state index in [2.05, 4.69) is 5.10 Å². The summed E-state index contributed by atoms with van der Waals surface area (Å²) in [6.45, 7) is 1.07. The van der Waals surface area contributed by atoms with Gasteiger partial charge >= 0.3 is 0 Å². The van der Waals surface area contributed by atoms with E-state index in [9.17, 15) is 5.11 Å². The van der Waals surface area contributed by atoms with Crippen LogP contribution in [0.3, 0.4) is 0 Å². The first-order chi connectivity index (χ1) is 10.2. The predicted molar refractivity (Wildman–Crippen MR) is 85.0 cm³/mol. The Labute approximate surface area is 131 Å². The molecule has 0 aliphatic rings. The fraction of sp³-hybridized carbons (Fsp3) is 0.267. The van der Waals surface area contributed by atoms with E-state index in [1.165, 1.54) is 0 Å². The lowest BCUT2D eigenvalue weighted by atomic mass is 10.2. The molecule has 0 aliphatic carbocycles. The quantitative estimate of drug-likeness (QED) is 0.782. The van der Waals surface area contributed by atoms with Gasteiger partial charge in [-0.25, -0.2) is 0 Å². The van der Waals surface area contributed by atoms with Crippen molar-refractivity contribution in [2.45, 2.75) is 12.6 Å². The molecule has 0 saturated carbocycles. The number of thiophene rings is 1. The third-order valence-corrected chi connectivity index (χ3v) is 4.77. The molecule has 1 atom stereocenters. The summed E-state index contributed by atoms with van der Waals surface area (Å²) in [5.74, 6) is 0. The maximum atomic E-state index is 10.7. The third kappa shape index (κ3) is 2.82. The monoisotopic (exact) mass is 322 g/mol. The van der Waals surface area contributed by atoms with E-state index in [-0.39, 0.29) is 0 Å². The molecule has 3 aromatic rings. The maximum Gasteiger partial charge on any atom is 0.131 e. The minimum Gasteiger partial charge on any atom is -0.383 e. The summed E-state index contributed by atoms with van der Waals surface area (Å²) in [5, 5.41) is 16.5. The van der Waals surface area contributed by atoms with Crippen LogP contribution >= 0.6 is 22.9 Å². The SMILES string of the molecule is COCCn1ncc(Cl)c1C(O)c1cc2ccccc2s1. The van der Waals surface area contributed by atoms with Gasteiger partial charge in [-0.15, -0.1) is 11.3 Å². The summed E-state index contributed by atoms with van der Waals surface area (Å²) in [6, 6.07) is 10.0. The van der Waals surface area contributed by atoms with Crippen molar-refractivity contribution in [2.75, 3.05) is 13.7 Å². The van der Waals surface area contributed by atoms with Gasteiger partial charge in [0.2, 0.25) is 0 Å². The van der Waals surface area contributed by atoms with Crippen molar-refractivity contribution in [2.24, 2.45) is 0 Å². The molecule has 2 aromatic heterocycles. The van der Waals surface area contributed by atoms with Crippen LogP contribution in [-0.2, 0) is 11.3 Å². The molecule has 0 radical (unpaired) electrons. The number of hydrogen-bond acceptors (Lipinski definition) is 4. The van der Waals surface area contributed by atoms with Crippen molar-refractivity contribution < 1.29 is 9.84 Å². The van der Waals surface area contributed by atoms with Gasteiger partial charge in [-0.1, -0.05) is 29.8 Å². The summed E-state index contributed by atoms with van der Waals surface area (Å²) in [6.07, 6.45) is 0.776. The molecule has 0 bridgehead atoms. The Morgan fingerprint density at radius 1 is 1.43 bits per heavy atom. The Kier molecular flexibility index (Phi) is 4.26. The zero-order valence-corrected chi connectivity index (χ0v) is 13.1. The largest absolute Gasteiger partial charge is 0.383 e. The van der Waals surface area contributed by atoms with Crippen LogP contribution in [0.2, 0.25) is 5.02 Å². The molecule has 3 rings (SSSR count). The Balaban J connectivity index is 1.97. The predicted octanol–water partition coefficient (Wildman–Crippen LogP) is 3.48. The van der Waals surface area contributed by atoms with E-state index in [4.69, 9.17) is 16.3 Å². The molecule has 110 valence electrons. The zero-order chi connectivity index (χ0) is 14.8. The third-order valence-electron chi connectivity index (χ3n) is 3.31. The van der Waals surface area contributed by atoms with Crippen LogP contribution < -0.4 is 0 Å². The fourth-order valence-electron chi connectivity index (χ4n) is 2.27. The molecule has 0 amide bonds. The molecule has 0 fully saturated rings. The summed E-state index contributed by atoms with van der Waals surface area (Å²) in [5.41, 5.74) is 0.611. The highest BCUT2D eigenvalue weighted by molar-refractivity contribution is 7.19. The van der Waals surface area contributed by atoms with E-state index in [0.29, 0.717) is 23.9 Å². The van der Waals surface area contributed by atoms with Gasteiger partial charge in [0.15, 0.2) is 0 Å². The smallest absolute Gasteiger partial charge is 0.131 e. The molecule has 6 heteroatoms. The van der Waals surface area contributed by atoms with E-state index < -0.39 is 6.10 Å². The number of aliphatic hydroxyl groups is 1. The lowest BCUT2D eigenvalue weighted by molar-refractivity contribution is 0.172. The van der Waals surface area contributed by atoms with Crippen molar-refractivity contribution in [1.82, 2.24) is 9.78 Å². The minimum absolute atomic E-state index is 0.469. The van der Waals surface area contributed by atoms with Crippen LogP contribution in [-0.4, -0.2) is 28.6 Å². The Morgan fingerprint density at radius 3 is 3.00 bits per heavy atom. The lowest BCUT2D eigenvalue weighted by Gasteiger charge is -2.12. The Bertz CT molecular complexity index is 720. The summed E-state index contributed by atoms with van der Waals surface area (Å²) in [4.78, 5) is 0.859. The van der Waals surface area contributed by atoms with Crippen LogP contribution in [0.1, 0.15) is 16.7 Å². The van der Waals surface area contributed by atoms with Gasteiger partial charge in [-0.3, -0.25) is 4.68 Å². The van der Waals surface area contributed by atoms with Crippen LogP contribution in [0.5, 0.6) is 0 Å². The van der Waals surface area contributed by atoms with Gasteiger partial charge in [0.05, 0.1) is 30.1 Å². The number of fused-ring (bicyclic) bond motifs is 1. The zero-order valence-electron chi connectivity index (χ0n) is 11.5. The Hall–Kier alpha value is -1.40. The van der Waals surface area contributed by atoms with E-state index >= 15 is 0 Å². The molecule has 4 nitrogen and oxygen atoms in total. The van der Waals surface area contributed by atoms with Gasteiger partial charge in [0, 0.05) is 16.7 Å².